The number of nitrogens with one attached hydrogen (secondary N) is 2. The van der Waals surface area contributed by atoms with E-state index in [1.165, 1.54) is 11.1 Å². The summed E-state index contributed by atoms with van der Waals surface area (Å²) in [4.78, 5) is 4.25. The van der Waals surface area contributed by atoms with Crippen LogP contribution >= 0.6 is 35.3 Å². The molecule has 0 amide bonds. The first-order valence-corrected chi connectivity index (χ1v) is 7.27. The van der Waals surface area contributed by atoms with Gasteiger partial charge in [0, 0.05) is 13.6 Å². The molecule has 0 aliphatic carbocycles. The van der Waals surface area contributed by atoms with Crippen LogP contribution < -0.4 is 10.6 Å². The van der Waals surface area contributed by atoms with Gasteiger partial charge in [0.1, 0.15) is 0 Å². The molecule has 2 aromatic rings. The van der Waals surface area contributed by atoms with Crippen LogP contribution in [0.2, 0.25) is 0 Å². The van der Waals surface area contributed by atoms with Gasteiger partial charge in [-0.2, -0.15) is 11.3 Å². The molecular formula is C15H20IN3S. The van der Waals surface area contributed by atoms with E-state index in [1.807, 2.05) is 6.07 Å². The molecule has 0 spiro atoms. The molecular weight excluding hydrogens is 381 g/mol. The summed E-state index contributed by atoms with van der Waals surface area (Å²) in [5.41, 5.74) is 2.53. The molecule has 5 heteroatoms. The Morgan fingerprint density at radius 3 is 2.60 bits per heavy atom. The van der Waals surface area contributed by atoms with Gasteiger partial charge < -0.3 is 10.6 Å². The summed E-state index contributed by atoms with van der Waals surface area (Å²) in [6, 6.07) is 12.7. The average molecular weight is 401 g/mol. The lowest BCUT2D eigenvalue weighted by molar-refractivity contribution is 0.685. The summed E-state index contributed by atoms with van der Waals surface area (Å²) in [6.45, 7) is 2.93. The van der Waals surface area contributed by atoms with Crippen LogP contribution in [-0.4, -0.2) is 13.0 Å². The topological polar surface area (TPSA) is 36.4 Å². The average Bonchev–Trinajstić information content (AvgIpc) is 2.97. The van der Waals surface area contributed by atoms with Crippen LogP contribution in [-0.2, 0) is 6.54 Å². The number of guanidine groups is 1. The molecule has 0 bridgehead atoms. The molecule has 1 aromatic heterocycles. The van der Waals surface area contributed by atoms with Gasteiger partial charge in [-0.3, -0.25) is 4.99 Å². The second-order valence-corrected chi connectivity index (χ2v) is 5.11. The number of hydrogen-bond donors (Lipinski definition) is 2. The summed E-state index contributed by atoms with van der Waals surface area (Å²) >= 11 is 1.71. The van der Waals surface area contributed by atoms with Crippen molar-refractivity contribution in [2.45, 2.75) is 19.5 Å². The van der Waals surface area contributed by atoms with Crippen molar-refractivity contribution in [2.24, 2.45) is 4.99 Å². The maximum Gasteiger partial charge on any atom is 0.191 e. The van der Waals surface area contributed by atoms with Crippen molar-refractivity contribution in [2.75, 3.05) is 7.05 Å². The van der Waals surface area contributed by atoms with Crippen LogP contribution in [0.25, 0.3) is 0 Å². The van der Waals surface area contributed by atoms with Crippen LogP contribution in [0.4, 0.5) is 0 Å². The zero-order valence-corrected chi connectivity index (χ0v) is 14.8. The quantitative estimate of drug-likeness (QED) is 0.465. The number of thiophene rings is 1. The normalized spacial score (nSPS) is 12.4. The summed E-state index contributed by atoms with van der Waals surface area (Å²) in [5.74, 6) is 0.822. The molecule has 0 radical (unpaired) electrons. The monoisotopic (exact) mass is 401 g/mol. The highest BCUT2D eigenvalue weighted by atomic mass is 127. The van der Waals surface area contributed by atoms with E-state index < -0.39 is 0 Å². The fraction of sp³-hybridized carbons (Fsp3) is 0.267. The van der Waals surface area contributed by atoms with E-state index in [2.05, 4.69) is 63.6 Å². The minimum Gasteiger partial charge on any atom is -0.352 e. The molecule has 1 aromatic carbocycles. The standard InChI is InChI=1S/C15H19N3S.HI/c1-12(14-6-4-3-5-7-14)18-15(16-2)17-10-13-8-9-19-11-13;/h3-9,11-12H,10H2,1-2H3,(H2,16,17,18);1H. The Balaban J connectivity index is 0.00000200. The van der Waals surface area contributed by atoms with Gasteiger partial charge in [-0.1, -0.05) is 30.3 Å². The largest absolute Gasteiger partial charge is 0.352 e. The van der Waals surface area contributed by atoms with Crippen molar-refractivity contribution in [1.29, 1.82) is 0 Å². The van der Waals surface area contributed by atoms with Crippen molar-refractivity contribution >= 4 is 41.3 Å². The Kier molecular flexibility index (Phi) is 7.61. The van der Waals surface area contributed by atoms with E-state index >= 15 is 0 Å². The molecule has 1 atom stereocenters. The molecule has 108 valence electrons. The van der Waals surface area contributed by atoms with Gasteiger partial charge >= 0.3 is 0 Å². The maximum absolute atomic E-state index is 4.25. The van der Waals surface area contributed by atoms with Gasteiger partial charge in [-0.25, -0.2) is 0 Å². The lowest BCUT2D eigenvalue weighted by atomic mass is 10.1. The van der Waals surface area contributed by atoms with Gasteiger partial charge in [0.25, 0.3) is 0 Å². The Bertz CT molecular complexity index is 511. The van der Waals surface area contributed by atoms with Crippen LogP contribution in [0, 0.1) is 0 Å². The Hall–Kier alpha value is -1.08. The first-order valence-electron chi connectivity index (χ1n) is 6.33. The molecule has 20 heavy (non-hydrogen) atoms. The highest BCUT2D eigenvalue weighted by Crippen LogP contribution is 2.11. The van der Waals surface area contributed by atoms with Crippen LogP contribution in [0.15, 0.2) is 52.2 Å². The fourth-order valence-electron chi connectivity index (χ4n) is 1.80. The third-order valence-corrected chi connectivity index (χ3v) is 3.65. The van der Waals surface area contributed by atoms with E-state index in [1.54, 1.807) is 18.4 Å². The molecule has 3 nitrogen and oxygen atoms in total. The van der Waals surface area contributed by atoms with E-state index in [9.17, 15) is 0 Å². The van der Waals surface area contributed by atoms with E-state index in [-0.39, 0.29) is 30.0 Å². The molecule has 0 aliphatic rings. The lowest BCUT2D eigenvalue weighted by Crippen LogP contribution is -2.38. The van der Waals surface area contributed by atoms with Gasteiger partial charge in [0.2, 0.25) is 0 Å². The maximum atomic E-state index is 4.25. The Labute approximate surface area is 141 Å². The van der Waals surface area contributed by atoms with E-state index in [4.69, 9.17) is 0 Å². The Morgan fingerprint density at radius 1 is 1.25 bits per heavy atom. The van der Waals surface area contributed by atoms with Crippen LogP contribution in [0.1, 0.15) is 24.1 Å². The number of rotatable bonds is 4. The number of hydrogen-bond acceptors (Lipinski definition) is 2. The number of benzene rings is 1. The van der Waals surface area contributed by atoms with Crippen molar-refractivity contribution in [1.82, 2.24) is 10.6 Å². The van der Waals surface area contributed by atoms with Crippen molar-refractivity contribution in [3.8, 4) is 0 Å². The van der Waals surface area contributed by atoms with E-state index in [0.29, 0.717) is 0 Å². The third-order valence-electron chi connectivity index (χ3n) is 2.92. The minimum atomic E-state index is 0. The molecule has 2 rings (SSSR count). The number of halogens is 1. The molecule has 0 saturated heterocycles. The number of nitrogens with zero attached hydrogens (tertiary/aromatic N) is 1. The molecule has 0 fully saturated rings. The first kappa shape index (κ1) is 17.0. The van der Waals surface area contributed by atoms with E-state index in [0.717, 1.165) is 12.5 Å². The SMILES string of the molecule is CN=C(NCc1ccsc1)NC(C)c1ccccc1.I. The van der Waals surface area contributed by atoms with Gasteiger partial charge in [-0.15, -0.1) is 24.0 Å². The van der Waals surface area contributed by atoms with Crippen molar-refractivity contribution < 1.29 is 0 Å². The highest BCUT2D eigenvalue weighted by Gasteiger charge is 2.06. The zero-order chi connectivity index (χ0) is 13.5. The second-order valence-electron chi connectivity index (χ2n) is 4.33. The van der Waals surface area contributed by atoms with Crippen LogP contribution in [0.3, 0.4) is 0 Å². The predicted molar refractivity (Wildman–Crippen MR) is 97.9 cm³/mol. The molecule has 2 N–H and O–H groups in total. The van der Waals surface area contributed by atoms with Crippen LogP contribution in [0.5, 0.6) is 0 Å². The van der Waals surface area contributed by atoms with Crippen molar-refractivity contribution in [3.63, 3.8) is 0 Å². The first-order chi connectivity index (χ1) is 9.29. The van der Waals surface area contributed by atoms with Crippen molar-refractivity contribution in [3.05, 3.63) is 58.3 Å². The van der Waals surface area contributed by atoms with Gasteiger partial charge in [0.15, 0.2) is 5.96 Å². The second kappa shape index (κ2) is 8.97. The molecule has 0 saturated carbocycles. The predicted octanol–water partition coefficient (Wildman–Crippen LogP) is 3.79. The van der Waals surface area contributed by atoms with Gasteiger partial charge in [0.05, 0.1) is 6.04 Å². The third kappa shape index (κ3) is 5.13. The smallest absolute Gasteiger partial charge is 0.191 e. The zero-order valence-electron chi connectivity index (χ0n) is 11.7. The summed E-state index contributed by atoms with van der Waals surface area (Å²) < 4.78 is 0. The summed E-state index contributed by atoms with van der Waals surface area (Å²) in [7, 11) is 1.79. The molecule has 1 unspecified atom stereocenters. The summed E-state index contributed by atoms with van der Waals surface area (Å²) in [6.07, 6.45) is 0. The molecule has 1 heterocycles. The lowest BCUT2D eigenvalue weighted by Gasteiger charge is -2.18. The van der Waals surface area contributed by atoms with Gasteiger partial charge in [-0.05, 0) is 34.9 Å². The highest BCUT2D eigenvalue weighted by molar-refractivity contribution is 14.0. The minimum absolute atomic E-state index is 0. The summed E-state index contributed by atoms with van der Waals surface area (Å²) in [5, 5.41) is 10.9. The fourth-order valence-corrected chi connectivity index (χ4v) is 2.47. The molecule has 0 aliphatic heterocycles. The Morgan fingerprint density at radius 2 is 2.00 bits per heavy atom. The number of aliphatic imine (C=N–C) groups is 1.